The molecular formula is C23H24F6N4O6. The third-order valence-corrected chi connectivity index (χ3v) is 5.50. The van der Waals surface area contributed by atoms with Crippen molar-refractivity contribution < 1.29 is 55.7 Å². The monoisotopic (exact) mass is 566 g/mol. The standard InChI is InChI=1S/C19H22N4O2.2C2HF3O2/c24-18(16-4-8-20-9-5-16)23-11-12-25-19(15-23)6-2-10-22(14-19)17-3-1-7-21-13-17;2*3-2(4,5)1(6)7/h1,3-5,7-9,13H,2,6,10-12,14-15H2;2*(H,6,7). The number of amides is 1. The quantitative estimate of drug-likeness (QED) is 0.526. The number of alkyl halides is 6. The molecule has 0 bridgehead atoms. The van der Waals surface area contributed by atoms with Crippen LogP contribution in [0, 0.1) is 0 Å². The zero-order valence-electron chi connectivity index (χ0n) is 20.2. The molecule has 1 unspecified atom stereocenters. The number of hydrogen-bond donors (Lipinski definition) is 2. The van der Waals surface area contributed by atoms with Gasteiger partial charge in [-0.05, 0) is 37.1 Å². The normalized spacial score (nSPS) is 19.2. The zero-order valence-corrected chi connectivity index (χ0v) is 20.2. The summed E-state index contributed by atoms with van der Waals surface area (Å²) in [4.78, 5) is 43.0. The van der Waals surface area contributed by atoms with E-state index in [1.54, 1.807) is 30.7 Å². The number of carbonyl (C=O) groups is 3. The van der Waals surface area contributed by atoms with Gasteiger partial charge in [0.05, 0.1) is 25.0 Å². The third kappa shape index (κ3) is 9.70. The molecule has 39 heavy (non-hydrogen) atoms. The maximum Gasteiger partial charge on any atom is 0.490 e. The van der Waals surface area contributed by atoms with Gasteiger partial charge in [-0.25, -0.2) is 9.59 Å². The molecule has 214 valence electrons. The Bertz CT molecular complexity index is 1080. The summed E-state index contributed by atoms with van der Waals surface area (Å²) in [5.74, 6) is -5.46. The van der Waals surface area contributed by atoms with E-state index in [1.807, 2.05) is 17.2 Å². The summed E-state index contributed by atoms with van der Waals surface area (Å²) in [5.41, 5.74) is 1.50. The van der Waals surface area contributed by atoms with Crippen molar-refractivity contribution in [1.29, 1.82) is 0 Å². The van der Waals surface area contributed by atoms with Crippen molar-refractivity contribution in [2.45, 2.75) is 30.8 Å². The van der Waals surface area contributed by atoms with Crippen molar-refractivity contribution in [3.05, 3.63) is 54.6 Å². The molecule has 4 heterocycles. The number of hydrogen-bond acceptors (Lipinski definition) is 7. The number of carboxylic acid groups (broad SMARTS) is 2. The van der Waals surface area contributed by atoms with Gasteiger partial charge in [0, 0.05) is 43.8 Å². The molecule has 0 aliphatic carbocycles. The molecule has 10 nitrogen and oxygen atoms in total. The summed E-state index contributed by atoms with van der Waals surface area (Å²) in [7, 11) is 0. The predicted molar refractivity (Wildman–Crippen MR) is 122 cm³/mol. The summed E-state index contributed by atoms with van der Waals surface area (Å²) < 4.78 is 69.7. The number of morpholine rings is 1. The largest absolute Gasteiger partial charge is 0.490 e. The lowest BCUT2D eigenvalue weighted by Gasteiger charge is -2.48. The fourth-order valence-electron chi connectivity index (χ4n) is 3.80. The van der Waals surface area contributed by atoms with Gasteiger partial charge in [0.15, 0.2) is 0 Å². The van der Waals surface area contributed by atoms with E-state index in [4.69, 9.17) is 24.5 Å². The number of pyridine rings is 2. The topological polar surface area (TPSA) is 133 Å². The SMILES string of the molecule is O=C(O)C(F)(F)F.O=C(O)C(F)(F)F.O=C(c1ccncc1)N1CCOC2(CCCN(c3cccnc3)C2)C1. The second-order valence-electron chi connectivity index (χ2n) is 8.34. The molecule has 2 aliphatic rings. The minimum absolute atomic E-state index is 0.0589. The van der Waals surface area contributed by atoms with Crippen molar-refractivity contribution in [1.82, 2.24) is 14.9 Å². The average molecular weight is 566 g/mol. The van der Waals surface area contributed by atoms with Gasteiger partial charge in [0.25, 0.3) is 5.91 Å². The molecule has 0 saturated carbocycles. The Morgan fingerprint density at radius 2 is 1.46 bits per heavy atom. The number of aromatic nitrogens is 2. The van der Waals surface area contributed by atoms with E-state index in [2.05, 4.69) is 20.9 Å². The maximum absolute atomic E-state index is 12.8. The Hall–Kier alpha value is -3.95. The molecule has 1 amide bonds. The van der Waals surface area contributed by atoms with Gasteiger partial charge in [0.2, 0.25) is 0 Å². The van der Waals surface area contributed by atoms with Crippen LogP contribution in [0.2, 0.25) is 0 Å². The Balaban J connectivity index is 0.000000317. The maximum atomic E-state index is 12.8. The number of aliphatic carboxylic acids is 2. The van der Waals surface area contributed by atoms with Crippen LogP contribution in [0.1, 0.15) is 23.2 Å². The Kier molecular flexibility index (Phi) is 10.6. The number of carbonyl (C=O) groups excluding carboxylic acids is 1. The molecule has 2 aromatic heterocycles. The molecule has 2 fully saturated rings. The van der Waals surface area contributed by atoms with E-state index in [1.165, 1.54) is 0 Å². The number of halogens is 6. The molecule has 0 aromatic carbocycles. The Morgan fingerprint density at radius 1 is 0.872 bits per heavy atom. The number of rotatable bonds is 2. The van der Waals surface area contributed by atoms with Crippen LogP contribution in [0.4, 0.5) is 32.0 Å². The lowest BCUT2D eigenvalue weighted by atomic mass is 9.90. The minimum Gasteiger partial charge on any atom is -0.475 e. The first-order valence-corrected chi connectivity index (χ1v) is 11.2. The number of piperidine rings is 1. The van der Waals surface area contributed by atoms with E-state index in [9.17, 15) is 31.1 Å². The first kappa shape index (κ1) is 31.3. The van der Waals surface area contributed by atoms with Gasteiger partial charge < -0.3 is 24.7 Å². The van der Waals surface area contributed by atoms with Crippen molar-refractivity contribution >= 4 is 23.5 Å². The second kappa shape index (κ2) is 13.2. The zero-order chi connectivity index (χ0) is 29.3. The van der Waals surface area contributed by atoms with Crippen LogP contribution in [0.3, 0.4) is 0 Å². The molecule has 1 atom stereocenters. The lowest BCUT2D eigenvalue weighted by Crippen LogP contribution is -2.60. The molecule has 2 N–H and O–H groups in total. The van der Waals surface area contributed by atoms with Gasteiger partial charge in [-0.15, -0.1) is 0 Å². The third-order valence-electron chi connectivity index (χ3n) is 5.50. The van der Waals surface area contributed by atoms with Gasteiger partial charge >= 0.3 is 24.3 Å². The molecule has 4 rings (SSSR count). The lowest BCUT2D eigenvalue weighted by molar-refractivity contribution is -0.193. The second-order valence-corrected chi connectivity index (χ2v) is 8.34. The summed E-state index contributed by atoms with van der Waals surface area (Å²) in [6, 6.07) is 7.58. The van der Waals surface area contributed by atoms with E-state index in [0.717, 1.165) is 31.6 Å². The number of carboxylic acids is 2. The van der Waals surface area contributed by atoms with E-state index < -0.39 is 24.3 Å². The predicted octanol–water partition coefficient (Wildman–Crippen LogP) is 3.25. The fourth-order valence-corrected chi connectivity index (χ4v) is 3.80. The van der Waals surface area contributed by atoms with Crippen LogP contribution >= 0.6 is 0 Å². The van der Waals surface area contributed by atoms with E-state index >= 15 is 0 Å². The first-order valence-electron chi connectivity index (χ1n) is 11.2. The van der Waals surface area contributed by atoms with Crippen LogP contribution in [0.25, 0.3) is 0 Å². The molecular weight excluding hydrogens is 542 g/mol. The highest BCUT2D eigenvalue weighted by atomic mass is 19.4. The van der Waals surface area contributed by atoms with Crippen LogP contribution in [0.5, 0.6) is 0 Å². The summed E-state index contributed by atoms with van der Waals surface area (Å²) in [6.45, 7) is 3.63. The fraction of sp³-hybridized carbons (Fsp3) is 0.435. The molecule has 1 spiro atoms. The summed E-state index contributed by atoms with van der Waals surface area (Å²) >= 11 is 0. The number of nitrogens with zero attached hydrogens (tertiary/aromatic N) is 4. The van der Waals surface area contributed by atoms with Crippen molar-refractivity contribution in [3.8, 4) is 0 Å². The minimum atomic E-state index is -5.08. The smallest absolute Gasteiger partial charge is 0.475 e. The Labute approximate surface area is 217 Å². The van der Waals surface area contributed by atoms with Crippen molar-refractivity contribution in [3.63, 3.8) is 0 Å². The van der Waals surface area contributed by atoms with Crippen LogP contribution in [-0.4, -0.2) is 93.7 Å². The number of ether oxygens (including phenoxy) is 1. The van der Waals surface area contributed by atoms with Crippen LogP contribution in [0.15, 0.2) is 49.1 Å². The van der Waals surface area contributed by atoms with Gasteiger partial charge in [-0.2, -0.15) is 26.3 Å². The van der Waals surface area contributed by atoms with Crippen molar-refractivity contribution in [2.75, 3.05) is 37.7 Å². The van der Waals surface area contributed by atoms with Crippen molar-refractivity contribution in [2.24, 2.45) is 0 Å². The van der Waals surface area contributed by atoms with E-state index in [0.29, 0.717) is 25.3 Å². The first-order chi connectivity index (χ1) is 18.1. The molecule has 2 aromatic rings. The highest BCUT2D eigenvalue weighted by molar-refractivity contribution is 5.94. The Morgan fingerprint density at radius 3 is 1.97 bits per heavy atom. The highest BCUT2D eigenvalue weighted by Crippen LogP contribution is 2.32. The van der Waals surface area contributed by atoms with Gasteiger partial charge in [-0.3, -0.25) is 14.8 Å². The summed E-state index contributed by atoms with van der Waals surface area (Å²) in [6.07, 6.45) is -1.14. The van der Waals surface area contributed by atoms with E-state index in [-0.39, 0.29) is 11.5 Å². The number of anilines is 1. The van der Waals surface area contributed by atoms with Crippen LogP contribution < -0.4 is 4.90 Å². The van der Waals surface area contributed by atoms with Gasteiger partial charge in [-0.1, -0.05) is 0 Å². The molecule has 2 saturated heterocycles. The summed E-state index contributed by atoms with van der Waals surface area (Å²) in [5, 5.41) is 14.2. The molecule has 0 radical (unpaired) electrons. The van der Waals surface area contributed by atoms with Gasteiger partial charge in [0.1, 0.15) is 5.60 Å². The average Bonchev–Trinajstić information content (AvgIpc) is 2.89. The molecule has 2 aliphatic heterocycles. The molecule has 16 heteroatoms. The highest BCUT2D eigenvalue weighted by Gasteiger charge is 2.42. The van der Waals surface area contributed by atoms with Crippen LogP contribution in [-0.2, 0) is 14.3 Å².